The number of carbonyl (C=O) groups excluding carboxylic acids is 1. The first kappa shape index (κ1) is 16.7. The summed E-state index contributed by atoms with van der Waals surface area (Å²) in [6.45, 7) is 0. The molecule has 124 valence electrons. The van der Waals surface area contributed by atoms with Gasteiger partial charge in [-0.05, 0) is 48.5 Å². The highest BCUT2D eigenvalue weighted by atomic mass is 16.1. The summed E-state index contributed by atoms with van der Waals surface area (Å²) in [7, 11) is 0. The van der Waals surface area contributed by atoms with E-state index in [1.807, 2.05) is 12.1 Å². The Labute approximate surface area is 150 Å². The van der Waals surface area contributed by atoms with Crippen molar-refractivity contribution in [3.05, 3.63) is 83.7 Å². The predicted molar refractivity (Wildman–Crippen MR) is 97.8 cm³/mol. The molecule has 6 nitrogen and oxygen atoms in total. The SMILES string of the molecule is N#Cc1cccc(NC(=O)c2cc(Nc3cccc(C#N)c3)ccn2)c1. The molecule has 3 rings (SSSR count). The Morgan fingerprint density at radius 3 is 2.15 bits per heavy atom. The minimum Gasteiger partial charge on any atom is -0.355 e. The zero-order valence-electron chi connectivity index (χ0n) is 13.6. The molecule has 0 aliphatic carbocycles. The molecular formula is C20H13N5O. The molecule has 0 aliphatic rings. The Hall–Kier alpha value is -4.16. The number of pyridine rings is 1. The van der Waals surface area contributed by atoms with E-state index in [0.29, 0.717) is 22.5 Å². The zero-order chi connectivity index (χ0) is 18.4. The highest BCUT2D eigenvalue weighted by Gasteiger charge is 2.09. The first-order chi connectivity index (χ1) is 12.7. The molecule has 1 amide bonds. The molecule has 0 unspecified atom stereocenters. The average molecular weight is 339 g/mol. The number of hydrogen-bond donors (Lipinski definition) is 2. The second-order valence-corrected chi connectivity index (χ2v) is 5.39. The molecule has 1 aromatic heterocycles. The summed E-state index contributed by atoms with van der Waals surface area (Å²) in [6.07, 6.45) is 1.52. The van der Waals surface area contributed by atoms with E-state index >= 15 is 0 Å². The van der Waals surface area contributed by atoms with Crippen LogP contribution < -0.4 is 10.6 Å². The quantitative estimate of drug-likeness (QED) is 0.752. The summed E-state index contributed by atoms with van der Waals surface area (Å²) >= 11 is 0. The maximum Gasteiger partial charge on any atom is 0.274 e. The van der Waals surface area contributed by atoms with E-state index in [1.54, 1.807) is 54.6 Å². The molecule has 0 spiro atoms. The molecule has 0 bridgehead atoms. The van der Waals surface area contributed by atoms with Gasteiger partial charge in [0.05, 0.1) is 23.3 Å². The van der Waals surface area contributed by atoms with Gasteiger partial charge in [0.1, 0.15) is 5.69 Å². The molecule has 1 heterocycles. The van der Waals surface area contributed by atoms with Crippen molar-refractivity contribution in [3.63, 3.8) is 0 Å². The van der Waals surface area contributed by atoms with E-state index in [1.165, 1.54) is 6.20 Å². The van der Waals surface area contributed by atoms with E-state index in [4.69, 9.17) is 10.5 Å². The molecule has 0 aliphatic heterocycles. The summed E-state index contributed by atoms with van der Waals surface area (Å²) in [4.78, 5) is 16.5. The third-order valence-corrected chi connectivity index (χ3v) is 3.52. The van der Waals surface area contributed by atoms with E-state index < -0.39 is 0 Å². The lowest BCUT2D eigenvalue weighted by molar-refractivity contribution is 0.102. The van der Waals surface area contributed by atoms with Gasteiger partial charge in [-0.15, -0.1) is 0 Å². The van der Waals surface area contributed by atoms with Gasteiger partial charge in [0.15, 0.2) is 0 Å². The lowest BCUT2D eigenvalue weighted by Gasteiger charge is -2.09. The van der Waals surface area contributed by atoms with E-state index in [2.05, 4.69) is 21.7 Å². The fourth-order valence-electron chi connectivity index (χ4n) is 2.33. The Morgan fingerprint density at radius 2 is 1.46 bits per heavy atom. The Bertz CT molecular complexity index is 1050. The normalized spacial score (nSPS) is 9.62. The molecule has 2 aromatic carbocycles. The third-order valence-electron chi connectivity index (χ3n) is 3.52. The number of anilines is 3. The standard InChI is InChI=1S/C20H13N5O/c21-12-14-3-1-5-16(9-14)24-18-7-8-23-19(11-18)20(26)25-17-6-2-4-15(10-17)13-22/h1-11H,(H,23,24)(H,25,26). The number of benzene rings is 2. The number of nitriles is 2. The molecule has 0 fully saturated rings. The van der Waals surface area contributed by atoms with Gasteiger partial charge in [-0.3, -0.25) is 9.78 Å². The summed E-state index contributed by atoms with van der Waals surface area (Å²) in [5, 5.41) is 23.7. The van der Waals surface area contributed by atoms with Crippen LogP contribution in [-0.2, 0) is 0 Å². The number of nitrogens with zero attached hydrogens (tertiary/aromatic N) is 3. The fraction of sp³-hybridized carbons (Fsp3) is 0. The van der Waals surface area contributed by atoms with Crippen LogP contribution >= 0.6 is 0 Å². The van der Waals surface area contributed by atoms with Gasteiger partial charge in [-0.25, -0.2) is 0 Å². The van der Waals surface area contributed by atoms with E-state index in [-0.39, 0.29) is 11.6 Å². The second-order valence-electron chi connectivity index (χ2n) is 5.39. The van der Waals surface area contributed by atoms with Gasteiger partial charge in [-0.1, -0.05) is 12.1 Å². The first-order valence-electron chi connectivity index (χ1n) is 7.73. The van der Waals surface area contributed by atoms with Crippen LogP contribution in [0.1, 0.15) is 21.6 Å². The molecule has 0 saturated heterocycles. The molecule has 26 heavy (non-hydrogen) atoms. The molecule has 0 atom stereocenters. The zero-order valence-corrected chi connectivity index (χ0v) is 13.6. The number of nitrogens with one attached hydrogen (secondary N) is 2. The Kier molecular flexibility index (Phi) is 4.88. The topological polar surface area (TPSA) is 102 Å². The third kappa shape index (κ3) is 4.02. The molecule has 6 heteroatoms. The summed E-state index contributed by atoms with van der Waals surface area (Å²) < 4.78 is 0. The van der Waals surface area contributed by atoms with Crippen LogP contribution in [-0.4, -0.2) is 10.9 Å². The number of aromatic nitrogens is 1. The van der Waals surface area contributed by atoms with Crippen LogP contribution in [0.2, 0.25) is 0 Å². The lowest BCUT2D eigenvalue weighted by Crippen LogP contribution is -2.13. The predicted octanol–water partition coefficient (Wildman–Crippen LogP) is 3.82. The fourth-order valence-corrected chi connectivity index (χ4v) is 2.33. The molecule has 2 N–H and O–H groups in total. The van der Waals surface area contributed by atoms with Crippen molar-refractivity contribution in [3.8, 4) is 12.1 Å². The minimum absolute atomic E-state index is 0.230. The molecule has 0 radical (unpaired) electrons. The van der Waals surface area contributed by atoms with Gasteiger partial charge in [0, 0.05) is 23.3 Å². The number of amides is 1. The summed E-state index contributed by atoms with van der Waals surface area (Å²) in [6, 6.07) is 21.1. The Morgan fingerprint density at radius 1 is 0.846 bits per heavy atom. The molecule has 0 saturated carbocycles. The number of rotatable bonds is 4. The number of hydrogen-bond acceptors (Lipinski definition) is 5. The monoisotopic (exact) mass is 339 g/mol. The summed E-state index contributed by atoms with van der Waals surface area (Å²) in [5.74, 6) is -0.380. The van der Waals surface area contributed by atoms with Crippen molar-refractivity contribution in [1.29, 1.82) is 10.5 Å². The van der Waals surface area contributed by atoms with Crippen LogP contribution in [0.5, 0.6) is 0 Å². The highest BCUT2D eigenvalue weighted by molar-refractivity contribution is 6.03. The molecular weight excluding hydrogens is 326 g/mol. The van der Waals surface area contributed by atoms with Gasteiger partial charge in [0.25, 0.3) is 5.91 Å². The van der Waals surface area contributed by atoms with Gasteiger partial charge in [-0.2, -0.15) is 10.5 Å². The second kappa shape index (κ2) is 7.61. The van der Waals surface area contributed by atoms with Crippen LogP contribution in [0, 0.1) is 22.7 Å². The van der Waals surface area contributed by atoms with Crippen molar-refractivity contribution in [2.75, 3.05) is 10.6 Å². The maximum absolute atomic E-state index is 12.4. The Balaban J connectivity index is 1.77. The van der Waals surface area contributed by atoms with Crippen molar-refractivity contribution in [2.24, 2.45) is 0 Å². The lowest BCUT2D eigenvalue weighted by atomic mass is 10.2. The largest absolute Gasteiger partial charge is 0.355 e. The first-order valence-corrected chi connectivity index (χ1v) is 7.73. The maximum atomic E-state index is 12.4. The van der Waals surface area contributed by atoms with Crippen LogP contribution in [0.25, 0.3) is 0 Å². The van der Waals surface area contributed by atoms with Crippen molar-refractivity contribution < 1.29 is 4.79 Å². The van der Waals surface area contributed by atoms with E-state index in [0.717, 1.165) is 5.69 Å². The van der Waals surface area contributed by atoms with E-state index in [9.17, 15) is 4.79 Å². The highest BCUT2D eigenvalue weighted by Crippen LogP contribution is 2.18. The smallest absolute Gasteiger partial charge is 0.274 e. The molecule has 3 aromatic rings. The van der Waals surface area contributed by atoms with Crippen molar-refractivity contribution in [1.82, 2.24) is 4.98 Å². The van der Waals surface area contributed by atoms with Crippen molar-refractivity contribution >= 4 is 23.0 Å². The van der Waals surface area contributed by atoms with Crippen molar-refractivity contribution in [2.45, 2.75) is 0 Å². The number of carbonyl (C=O) groups is 1. The van der Waals surface area contributed by atoms with Crippen LogP contribution in [0.3, 0.4) is 0 Å². The summed E-state index contributed by atoms with van der Waals surface area (Å²) in [5.41, 5.74) is 3.17. The average Bonchev–Trinajstić information content (AvgIpc) is 2.68. The van der Waals surface area contributed by atoms with Gasteiger partial charge < -0.3 is 10.6 Å². The van der Waals surface area contributed by atoms with Crippen LogP contribution in [0.15, 0.2) is 66.9 Å². The van der Waals surface area contributed by atoms with Gasteiger partial charge >= 0.3 is 0 Å². The van der Waals surface area contributed by atoms with Crippen LogP contribution in [0.4, 0.5) is 17.1 Å². The minimum atomic E-state index is -0.380. The van der Waals surface area contributed by atoms with Gasteiger partial charge in [0.2, 0.25) is 0 Å².